The van der Waals surface area contributed by atoms with Gasteiger partial charge in [0.15, 0.2) is 5.76 Å². The summed E-state index contributed by atoms with van der Waals surface area (Å²) >= 11 is 0. The van der Waals surface area contributed by atoms with Gasteiger partial charge in [0.1, 0.15) is 5.76 Å². The number of rotatable bonds is 3. The Bertz CT molecular complexity index is 373. The van der Waals surface area contributed by atoms with Crippen molar-refractivity contribution in [2.45, 2.75) is 6.29 Å². The Morgan fingerprint density at radius 2 is 2.13 bits per heavy atom. The van der Waals surface area contributed by atoms with Crippen LogP contribution in [0.5, 0.6) is 0 Å². The van der Waals surface area contributed by atoms with Crippen molar-refractivity contribution in [3.8, 4) is 0 Å². The molecule has 1 N–H and O–H groups in total. The molecular weight excluding hydrogens is 200 g/mol. The van der Waals surface area contributed by atoms with E-state index in [4.69, 9.17) is 19.0 Å². The maximum Gasteiger partial charge on any atom is 0.328 e. The first-order valence-corrected chi connectivity index (χ1v) is 4.49. The molecule has 2 heterocycles. The zero-order valence-corrected chi connectivity index (χ0v) is 7.88. The number of hydrogen-bond donors (Lipinski definition) is 1. The third kappa shape index (κ3) is 2.45. The maximum atomic E-state index is 10.3. The molecule has 1 aromatic heterocycles. The van der Waals surface area contributed by atoms with Gasteiger partial charge in [-0.1, -0.05) is 0 Å². The summed E-state index contributed by atoms with van der Waals surface area (Å²) in [4.78, 5) is 10.3. The number of carbonyl (C=O) groups is 1. The average molecular weight is 210 g/mol. The summed E-state index contributed by atoms with van der Waals surface area (Å²) in [6.45, 7) is 1.09. The molecule has 0 saturated carbocycles. The number of carboxylic acid groups (broad SMARTS) is 1. The van der Waals surface area contributed by atoms with Gasteiger partial charge < -0.3 is 19.0 Å². The molecule has 0 amide bonds. The van der Waals surface area contributed by atoms with E-state index in [0.717, 1.165) is 6.08 Å². The summed E-state index contributed by atoms with van der Waals surface area (Å²) in [5.41, 5.74) is 0. The van der Waals surface area contributed by atoms with Gasteiger partial charge in [0.25, 0.3) is 0 Å². The molecule has 0 unspecified atom stereocenters. The van der Waals surface area contributed by atoms with E-state index in [-0.39, 0.29) is 0 Å². The Hall–Kier alpha value is -1.59. The summed E-state index contributed by atoms with van der Waals surface area (Å²) in [6, 6.07) is 3.37. The van der Waals surface area contributed by atoms with E-state index < -0.39 is 12.3 Å². The molecule has 1 aliphatic heterocycles. The van der Waals surface area contributed by atoms with Crippen LogP contribution in [-0.2, 0) is 14.3 Å². The van der Waals surface area contributed by atoms with Crippen LogP contribution in [0.4, 0.5) is 0 Å². The second-order valence-corrected chi connectivity index (χ2v) is 2.99. The van der Waals surface area contributed by atoms with Gasteiger partial charge in [0.05, 0.1) is 13.2 Å². The number of aliphatic carboxylic acids is 1. The maximum absolute atomic E-state index is 10.3. The molecule has 80 valence electrons. The van der Waals surface area contributed by atoms with Gasteiger partial charge in [0.2, 0.25) is 6.29 Å². The molecule has 0 spiro atoms. The highest BCUT2D eigenvalue weighted by Gasteiger charge is 2.21. The minimum Gasteiger partial charge on any atom is -0.478 e. The van der Waals surface area contributed by atoms with Crippen molar-refractivity contribution in [2.24, 2.45) is 0 Å². The molecule has 15 heavy (non-hydrogen) atoms. The van der Waals surface area contributed by atoms with Gasteiger partial charge in [-0.15, -0.1) is 0 Å². The molecule has 1 aliphatic rings. The van der Waals surface area contributed by atoms with Crippen molar-refractivity contribution in [1.82, 2.24) is 0 Å². The molecule has 5 heteroatoms. The lowest BCUT2D eigenvalue weighted by atomic mass is 10.4. The zero-order valence-electron chi connectivity index (χ0n) is 7.88. The highest BCUT2D eigenvalue weighted by Crippen LogP contribution is 2.25. The lowest BCUT2D eigenvalue weighted by molar-refractivity contribution is -0.131. The quantitative estimate of drug-likeness (QED) is 0.764. The Morgan fingerprint density at radius 1 is 1.40 bits per heavy atom. The van der Waals surface area contributed by atoms with Gasteiger partial charge in [-0.25, -0.2) is 4.79 Å². The first kappa shape index (κ1) is 9.95. The van der Waals surface area contributed by atoms with Crippen LogP contribution in [0, 0.1) is 0 Å². The molecule has 1 fully saturated rings. The molecule has 0 atom stereocenters. The summed E-state index contributed by atoms with van der Waals surface area (Å²) in [7, 11) is 0. The summed E-state index contributed by atoms with van der Waals surface area (Å²) < 4.78 is 15.8. The predicted molar refractivity (Wildman–Crippen MR) is 50.0 cm³/mol. The fourth-order valence-electron chi connectivity index (χ4n) is 1.26. The smallest absolute Gasteiger partial charge is 0.328 e. The monoisotopic (exact) mass is 210 g/mol. The molecule has 1 saturated heterocycles. The predicted octanol–water partition coefficient (Wildman–Crippen LogP) is 1.42. The van der Waals surface area contributed by atoms with Crippen LogP contribution in [0.15, 0.2) is 22.6 Å². The zero-order chi connectivity index (χ0) is 10.7. The van der Waals surface area contributed by atoms with Crippen molar-refractivity contribution in [1.29, 1.82) is 0 Å². The SMILES string of the molecule is O=C(O)C=Cc1ccc(C2OCCO2)o1. The van der Waals surface area contributed by atoms with E-state index in [2.05, 4.69) is 0 Å². The molecule has 1 aromatic rings. The number of carboxylic acids is 1. The number of furan rings is 1. The lowest BCUT2D eigenvalue weighted by Crippen LogP contribution is -1.94. The van der Waals surface area contributed by atoms with Gasteiger partial charge in [0, 0.05) is 6.08 Å². The van der Waals surface area contributed by atoms with Crippen molar-refractivity contribution in [2.75, 3.05) is 13.2 Å². The number of ether oxygens (including phenoxy) is 2. The first-order chi connectivity index (χ1) is 7.25. The molecule has 0 aliphatic carbocycles. The van der Waals surface area contributed by atoms with Crippen LogP contribution in [0.3, 0.4) is 0 Å². The first-order valence-electron chi connectivity index (χ1n) is 4.49. The second-order valence-electron chi connectivity index (χ2n) is 2.99. The van der Waals surface area contributed by atoms with Gasteiger partial charge in [-0.05, 0) is 18.2 Å². The molecule has 0 radical (unpaired) electrons. The highest BCUT2D eigenvalue weighted by molar-refractivity contribution is 5.84. The normalized spacial score (nSPS) is 17.6. The van der Waals surface area contributed by atoms with Crippen LogP contribution in [0.2, 0.25) is 0 Å². The van der Waals surface area contributed by atoms with E-state index in [0.29, 0.717) is 24.7 Å². The van der Waals surface area contributed by atoms with Crippen LogP contribution in [0.25, 0.3) is 6.08 Å². The van der Waals surface area contributed by atoms with Crippen molar-refractivity contribution < 1.29 is 23.8 Å². The minimum atomic E-state index is -1.01. The van der Waals surface area contributed by atoms with Gasteiger partial charge in [-0.2, -0.15) is 0 Å². The Morgan fingerprint density at radius 3 is 2.80 bits per heavy atom. The Labute approximate surface area is 85.9 Å². The molecule has 2 rings (SSSR count). The summed E-state index contributed by atoms with van der Waals surface area (Å²) in [6.07, 6.45) is 1.93. The van der Waals surface area contributed by atoms with E-state index in [1.165, 1.54) is 6.08 Å². The lowest BCUT2D eigenvalue weighted by Gasteiger charge is -2.03. The van der Waals surface area contributed by atoms with Crippen LogP contribution >= 0.6 is 0 Å². The average Bonchev–Trinajstić information content (AvgIpc) is 2.85. The topological polar surface area (TPSA) is 68.9 Å². The van der Waals surface area contributed by atoms with Crippen molar-refractivity contribution in [3.63, 3.8) is 0 Å². The van der Waals surface area contributed by atoms with Gasteiger partial charge >= 0.3 is 5.97 Å². The fourth-order valence-corrected chi connectivity index (χ4v) is 1.26. The molecule has 5 nitrogen and oxygen atoms in total. The van der Waals surface area contributed by atoms with Crippen LogP contribution < -0.4 is 0 Å². The van der Waals surface area contributed by atoms with E-state index >= 15 is 0 Å². The van der Waals surface area contributed by atoms with Crippen LogP contribution in [-0.4, -0.2) is 24.3 Å². The van der Waals surface area contributed by atoms with E-state index in [1.807, 2.05) is 0 Å². The third-order valence-corrected chi connectivity index (χ3v) is 1.89. The van der Waals surface area contributed by atoms with E-state index in [9.17, 15) is 4.79 Å². The van der Waals surface area contributed by atoms with Crippen LogP contribution in [0.1, 0.15) is 17.8 Å². The highest BCUT2D eigenvalue weighted by atomic mass is 16.7. The van der Waals surface area contributed by atoms with Crippen molar-refractivity contribution in [3.05, 3.63) is 29.7 Å². The van der Waals surface area contributed by atoms with Crippen molar-refractivity contribution >= 4 is 12.0 Å². The standard InChI is InChI=1S/C10H10O5/c11-9(12)4-2-7-1-3-8(15-7)10-13-5-6-14-10/h1-4,10H,5-6H2,(H,11,12). The molecule has 0 bridgehead atoms. The minimum absolute atomic E-state index is 0.461. The molecule has 0 aromatic carbocycles. The summed E-state index contributed by atoms with van der Waals surface area (Å²) in [5, 5.41) is 8.42. The van der Waals surface area contributed by atoms with Gasteiger partial charge in [-0.3, -0.25) is 0 Å². The largest absolute Gasteiger partial charge is 0.478 e. The van der Waals surface area contributed by atoms with E-state index in [1.54, 1.807) is 12.1 Å². The number of hydrogen-bond acceptors (Lipinski definition) is 4. The Balaban J connectivity index is 2.06. The Kier molecular flexibility index (Phi) is 2.84. The summed E-state index contributed by atoms with van der Waals surface area (Å²) in [5.74, 6) is 0.00496. The third-order valence-electron chi connectivity index (χ3n) is 1.89. The fraction of sp³-hybridized carbons (Fsp3) is 0.300. The second kappa shape index (κ2) is 4.29. The molecular formula is C10H10O5.